The Balaban J connectivity index is 2.00. The number of nitrogens with zero attached hydrogens (tertiary/aromatic N) is 2. The SMILES string of the molecule is Cc1ccncc1C(O)C1(C#N)COc2ccccc2C1. The van der Waals surface area contributed by atoms with Gasteiger partial charge in [-0.15, -0.1) is 0 Å². The van der Waals surface area contributed by atoms with Crippen LogP contribution in [0.4, 0.5) is 0 Å². The molecule has 0 fully saturated rings. The van der Waals surface area contributed by atoms with Crippen LogP contribution in [0.15, 0.2) is 42.7 Å². The third-order valence-electron chi connectivity index (χ3n) is 4.08. The lowest BCUT2D eigenvalue weighted by Gasteiger charge is -2.36. The van der Waals surface area contributed by atoms with Crippen LogP contribution in [0, 0.1) is 23.7 Å². The fourth-order valence-electron chi connectivity index (χ4n) is 2.76. The van der Waals surface area contributed by atoms with Gasteiger partial charge < -0.3 is 9.84 Å². The lowest BCUT2D eigenvalue weighted by Crippen LogP contribution is -2.39. The minimum atomic E-state index is -0.984. The third-order valence-corrected chi connectivity index (χ3v) is 4.08. The van der Waals surface area contributed by atoms with Crippen molar-refractivity contribution < 1.29 is 9.84 Å². The largest absolute Gasteiger partial charge is 0.492 e. The Morgan fingerprint density at radius 1 is 1.38 bits per heavy atom. The van der Waals surface area contributed by atoms with Crippen LogP contribution in [0.1, 0.15) is 22.8 Å². The highest BCUT2D eigenvalue weighted by Gasteiger charge is 2.44. The molecule has 0 spiro atoms. The second-order valence-electron chi connectivity index (χ2n) is 5.48. The molecule has 21 heavy (non-hydrogen) atoms. The Hall–Kier alpha value is -2.38. The molecule has 0 amide bonds. The molecular formula is C17H16N2O2. The van der Waals surface area contributed by atoms with E-state index in [1.165, 1.54) is 0 Å². The van der Waals surface area contributed by atoms with Crippen LogP contribution in [0.3, 0.4) is 0 Å². The van der Waals surface area contributed by atoms with Gasteiger partial charge in [-0.1, -0.05) is 18.2 Å². The van der Waals surface area contributed by atoms with Gasteiger partial charge in [-0.05, 0) is 30.2 Å². The topological polar surface area (TPSA) is 66.1 Å². The number of aromatic nitrogens is 1. The molecule has 2 aromatic rings. The van der Waals surface area contributed by atoms with Crippen molar-refractivity contribution in [3.05, 3.63) is 59.4 Å². The Morgan fingerprint density at radius 2 is 2.19 bits per heavy atom. The molecule has 1 aliphatic rings. The van der Waals surface area contributed by atoms with Gasteiger partial charge in [0.1, 0.15) is 23.9 Å². The first-order valence-electron chi connectivity index (χ1n) is 6.87. The fraction of sp³-hybridized carbons (Fsp3) is 0.294. The second-order valence-corrected chi connectivity index (χ2v) is 5.48. The van der Waals surface area contributed by atoms with Gasteiger partial charge in [0.05, 0.1) is 6.07 Å². The fourth-order valence-corrected chi connectivity index (χ4v) is 2.76. The number of fused-ring (bicyclic) bond motifs is 1. The van der Waals surface area contributed by atoms with Crippen molar-refractivity contribution in [2.75, 3.05) is 6.61 Å². The van der Waals surface area contributed by atoms with E-state index in [0.717, 1.165) is 16.9 Å². The molecule has 4 nitrogen and oxygen atoms in total. The molecule has 3 rings (SSSR count). The second kappa shape index (κ2) is 5.19. The zero-order valence-corrected chi connectivity index (χ0v) is 11.8. The van der Waals surface area contributed by atoms with E-state index in [0.29, 0.717) is 12.0 Å². The number of hydrogen-bond donors (Lipinski definition) is 1. The summed E-state index contributed by atoms with van der Waals surface area (Å²) < 4.78 is 5.71. The minimum Gasteiger partial charge on any atom is -0.492 e. The number of para-hydroxylation sites is 1. The van der Waals surface area contributed by atoms with Gasteiger partial charge in [0.2, 0.25) is 0 Å². The molecule has 2 unspecified atom stereocenters. The molecule has 0 aliphatic carbocycles. The van der Waals surface area contributed by atoms with E-state index in [2.05, 4.69) is 11.1 Å². The molecular weight excluding hydrogens is 264 g/mol. The van der Waals surface area contributed by atoms with E-state index in [1.807, 2.05) is 37.3 Å². The summed E-state index contributed by atoms with van der Waals surface area (Å²) in [6, 6.07) is 11.8. The van der Waals surface area contributed by atoms with Crippen molar-refractivity contribution in [3.63, 3.8) is 0 Å². The smallest absolute Gasteiger partial charge is 0.125 e. The third kappa shape index (κ3) is 2.26. The first-order valence-corrected chi connectivity index (χ1v) is 6.87. The van der Waals surface area contributed by atoms with Gasteiger partial charge in [0.25, 0.3) is 0 Å². The lowest BCUT2D eigenvalue weighted by molar-refractivity contribution is 0.0166. The number of benzene rings is 1. The monoisotopic (exact) mass is 280 g/mol. The number of aryl methyl sites for hydroxylation is 1. The number of aliphatic hydroxyl groups excluding tert-OH is 1. The minimum absolute atomic E-state index is 0.177. The molecule has 4 heteroatoms. The molecule has 2 atom stereocenters. The molecule has 1 aliphatic heterocycles. The van der Waals surface area contributed by atoms with Gasteiger partial charge >= 0.3 is 0 Å². The summed E-state index contributed by atoms with van der Waals surface area (Å²) >= 11 is 0. The van der Waals surface area contributed by atoms with Crippen LogP contribution < -0.4 is 4.74 Å². The van der Waals surface area contributed by atoms with Crippen molar-refractivity contribution in [1.29, 1.82) is 5.26 Å². The average Bonchev–Trinajstić information content (AvgIpc) is 2.54. The Kier molecular flexibility index (Phi) is 3.36. The standard InChI is InChI=1S/C17H16N2O2/c1-12-6-7-19-9-14(12)16(20)17(10-18)8-13-4-2-3-5-15(13)21-11-17/h2-7,9,16,20H,8,11H2,1H3. The van der Waals surface area contributed by atoms with E-state index in [1.54, 1.807) is 12.4 Å². The molecule has 1 aromatic carbocycles. The molecule has 0 saturated carbocycles. The normalized spacial score (nSPS) is 21.8. The number of aliphatic hydroxyl groups is 1. The van der Waals surface area contributed by atoms with Crippen molar-refractivity contribution in [1.82, 2.24) is 4.98 Å². The molecule has 1 N–H and O–H groups in total. The molecule has 1 aromatic heterocycles. The average molecular weight is 280 g/mol. The van der Waals surface area contributed by atoms with Crippen molar-refractivity contribution in [2.24, 2.45) is 5.41 Å². The summed E-state index contributed by atoms with van der Waals surface area (Å²) in [5.41, 5.74) is 1.57. The predicted molar refractivity (Wildman–Crippen MR) is 77.6 cm³/mol. The van der Waals surface area contributed by atoms with E-state index in [-0.39, 0.29) is 6.61 Å². The predicted octanol–water partition coefficient (Wildman–Crippen LogP) is 2.57. The summed E-state index contributed by atoms with van der Waals surface area (Å²) in [6.07, 6.45) is 2.84. The van der Waals surface area contributed by atoms with Crippen LogP contribution in [0.25, 0.3) is 0 Å². The molecule has 106 valence electrons. The lowest BCUT2D eigenvalue weighted by atomic mass is 9.74. The number of pyridine rings is 1. The van der Waals surface area contributed by atoms with E-state index in [9.17, 15) is 10.4 Å². The Labute approximate surface area is 123 Å². The summed E-state index contributed by atoms with van der Waals surface area (Å²) in [5.74, 6) is 0.790. The highest BCUT2D eigenvalue weighted by Crippen LogP contribution is 2.43. The summed E-state index contributed by atoms with van der Waals surface area (Å²) in [6.45, 7) is 2.08. The van der Waals surface area contributed by atoms with Crippen molar-refractivity contribution in [3.8, 4) is 11.8 Å². The number of nitriles is 1. The van der Waals surface area contributed by atoms with Gasteiger partial charge in [-0.25, -0.2) is 0 Å². The maximum Gasteiger partial charge on any atom is 0.125 e. The first-order chi connectivity index (χ1) is 10.2. The molecule has 0 bridgehead atoms. The van der Waals surface area contributed by atoms with E-state index >= 15 is 0 Å². The quantitative estimate of drug-likeness (QED) is 0.918. The van der Waals surface area contributed by atoms with Gasteiger partial charge in [0.15, 0.2) is 0 Å². The molecule has 2 heterocycles. The Bertz CT molecular complexity index is 708. The number of hydrogen-bond acceptors (Lipinski definition) is 4. The number of rotatable bonds is 2. The van der Waals surface area contributed by atoms with Crippen LogP contribution in [-0.4, -0.2) is 16.7 Å². The first kappa shape index (κ1) is 13.6. The Morgan fingerprint density at radius 3 is 2.95 bits per heavy atom. The summed E-state index contributed by atoms with van der Waals surface area (Å²) in [5, 5.41) is 20.4. The van der Waals surface area contributed by atoms with E-state index < -0.39 is 11.5 Å². The zero-order chi connectivity index (χ0) is 14.9. The maximum atomic E-state index is 10.8. The molecule has 0 saturated heterocycles. The van der Waals surface area contributed by atoms with Gasteiger partial charge in [-0.3, -0.25) is 4.98 Å². The highest BCUT2D eigenvalue weighted by molar-refractivity contribution is 5.39. The summed E-state index contributed by atoms with van der Waals surface area (Å²) in [7, 11) is 0. The number of ether oxygens (including phenoxy) is 1. The maximum absolute atomic E-state index is 10.8. The van der Waals surface area contributed by atoms with Crippen LogP contribution in [-0.2, 0) is 6.42 Å². The highest BCUT2D eigenvalue weighted by atomic mass is 16.5. The van der Waals surface area contributed by atoms with Gasteiger partial charge in [0, 0.05) is 24.4 Å². The van der Waals surface area contributed by atoms with E-state index in [4.69, 9.17) is 4.74 Å². The molecule has 0 radical (unpaired) electrons. The van der Waals surface area contributed by atoms with Crippen molar-refractivity contribution >= 4 is 0 Å². The zero-order valence-electron chi connectivity index (χ0n) is 11.8. The summed E-state index contributed by atoms with van der Waals surface area (Å²) in [4.78, 5) is 4.06. The van der Waals surface area contributed by atoms with Crippen LogP contribution in [0.2, 0.25) is 0 Å². The van der Waals surface area contributed by atoms with Crippen molar-refractivity contribution in [2.45, 2.75) is 19.4 Å². The van der Waals surface area contributed by atoms with Crippen LogP contribution >= 0.6 is 0 Å². The van der Waals surface area contributed by atoms with Crippen LogP contribution in [0.5, 0.6) is 5.75 Å². The van der Waals surface area contributed by atoms with Gasteiger partial charge in [-0.2, -0.15) is 5.26 Å².